The van der Waals surface area contributed by atoms with Crippen LogP contribution in [0.15, 0.2) is 54.6 Å². The molecule has 4 heteroatoms. The van der Waals surface area contributed by atoms with Crippen molar-refractivity contribution in [1.82, 2.24) is 0 Å². The van der Waals surface area contributed by atoms with Crippen LogP contribution < -0.4 is 4.52 Å². The average Bonchev–Trinajstić information content (AvgIpc) is 2.43. The molecule has 19 heavy (non-hydrogen) atoms. The fourth-order valence-electron chi connectivity index (χ4n) is 1.59. The molecule has 0 aliphatic heterocycles. The van der Waals surface area contributed by atoms with E-state index in [1.165, 1.54) is 5.56 Å². The van der Waals surface area contributed by atoms with E-state index < -0.39 is 8.38 Å². The van der Waals surface area contributed by atoms with Gasteiger partial charge in [0.2, 0.25) is 8.38 Å². The first-order chi connectivity index (χ1) is 9.28. The molecule has 1 unspecified atom stereocenters. The van der Waals surface area contributed by atoms with Gasteiger partial charge in [-0.1, -0.05) is 41.9 Å². The summed E-state index contributed by atoms with van der Waals surface area (Å²) in [4.78, 5) is 0. The van der Waals surface area contributed by atoms with Gasteiger partial charge in [-0.2, -0.15) is 0 Å². The summed E-state index contributed by atoms with van der Waals surface area (Å²) < 4.78 is 11.6. The fourth-order valence-corrected chi connectivity index (χ4v) is 3.07. The molecule has 0 aliphatic carbocycles. The molecule has 0 aliphatic rings. The molecule has 100 valence electrons. The minimum atomic E-state index is -0.966. The maximum absolute atomic E-state index is 5.90. The number of rotatable bonds is 6. The summed E-state index contributed by atoms with van der Waals surface area (Å²) in [6, 6.07) is 17.5. The molecule has 1 atom stereocenters. The molecule has 0 spiro atoms. The summed E-state index contributed by atoms with van der Waals surface area (Å²) in [5.41, 5.74) is 1.17. The summed E-state index contributed by atoms with van der Waals surface area (Å²) in [7, 11) is -0.966. The van der Waals surface area contributed by atoms with Crippen LogP contribution in [0.4, 0.5) is 0 Å². The minimum Gasteiger partial charge on any atom is -0.447 e. The van der Waals surface area contributed by atoms with Crippen molar-refractivity contribution in [3.63, 3.8) is 0 Å². The van der Waals surface area contributed by atoms with E-state index in [1.807, 2.05) is 61.5 Å². The molecule has 0 heterocycles. The Morgan fingerprint density at radius 3 is 2.32 bits per heavy atom. The van der Waals surface area contributed by atoms with Crippen molar-refractivity contribution in [1.29, 1.82) is 0 Å². The predicted molar refractivity (Wildman–Crippen MR) is 80.8 cm³/mol. The Labute approximate surface area is 120 Å². The largest absolute Gasteiger partial charge is 0.447 e. The van der Waals surface area contributed by atoms with Gasteiger partial charge in [0.05, 0.1) is 12.8 Å². The lowest BCUT2D eigenvalue weighted by Gasteiger charge is -2.17. The van der Waals surface area contributed by atoms with Gasteiger partial charge in [0.15, 0.2) is 0 Å². The van der Waals surface area contributed by atoms with Gasteiger partial charge in [-0.25, -0.2) is 0 Å². The highest BCUT2D eigenvalue weighted by molar-refractivity contribution is 7.46. The molecule has 0 N–H and O–H groups in total. The van der Waals surface area contributed by atoms with Crippen molar-refractivity contribution in [3.8, 4) is 5.75 Å². The summed E-state index contributed by atoms with van der Waals surface area (Å²) in [5, 5.41) is 0.744. The van der Waals surface area contributed by atoms with Crippen molar-refractivity contribution in [2.75, 3.05) is 6.61 Å². The minimum absolute atomic E-state index is 0.645. The number of halogens is 1. The van der Waals surface area contributed by atoms with Gasteiger partial charge in [0.1, 0.15) is 5.75 Å². The van der Waals surface area contributed by atoms with Crippen LogP contribution in [0, 0.1) is 0 Å². The van der Waals surface area contributed by atoms with Crippen molar-refractivity contribution in [3.05, 3.63) is 65.2 Å². The Kier molecular flexibility index (Phi) is 5.65. The highest BCUT2D eigenvalue weighted by Crippen LogP contribution is 2.42. The second-order valence-electron chi connectivity index (χ2n) is 3.94. The van der Waals surface area contributed by atoms with Gasteiger partial charge in [0, 0.05) is 5.02 Å². The lowest BCUT2D eigenvalue weighted by atomic mass is 10.2. The molecule has 2 aromatic rings. The number of para-hydroxylation sites is 1. The highest BCUT2D eigenvalue weighted by Gasteiger charge is 2.13. The molecule has 2 nitrogen and oxygen atoms in total. The number of hydrogen-bond acceptors (Lipinski definition) is 2. The Bertz CT molecular complexity index is 487. The van der Waals surface area contributed by atoms with E-state index in [1.54, 1.807) is 0 Å². The maximum Gasteiger partial charge on any atom is 0.234 e. The summed E-state index contributed by atoms with van der Waals surface area (Å²) >= 11 is 5.88. The Hall–Kier alpha value is -1.08. The number of benzene rings is 2. The first-order valence-corrected chi connectivity index (χ1v) is 7.90. The van der Waals surface area contributed by atoms with E-state index >= 15 is 0 Å². The average molecular weight is 295 g/mol. The van der Waals surface area contributed by atoms with E-state index in [0.717, 1.165) is 16.9 Å². The van der Waals surface area contributed by atoms with E-state index in [0.29, 0.717) is 6.61 Å². The van der Waals surface area contributed by atoms with Crippen LogP contribution in [-0.2, 0) is 10.7 Å². The predicted octanol–water partition coefficient (Wildman–Crippen LogP) is 5.27. The molecule has 0 saturated heterocycles. The monoisotopic (exact) mass is 294 g/mol. The van der Waals surface area contributed by atoms with Crippen LogP contribution in [0.3, 0.4) is 0 Å². The van der Waals surface area contributed by atoms with E-state index in [4.69, 9.17) is 20.6 Å². The molecule has 0 saturated carbocycles. The van der Waals surface area contributed by atoms with Crippen LogP contribution >= 0.6 is 20.0 Å². The van der Waals surface area contributed by atoms with Gasteiger partial charge in [-0.05, 0) is 36.8 Å². The van der Waals surface area contributed by atoms with Gasteiger partial charge in [0.25, 0.3) is 0 Å². The van der Waals surface area contributed by atoms with E-state index in [-0.39, 0.29) is 0 Å². The zero-order valence-electron chi connectivity index (χ0n) is 10.8. The van der Waals surface area contributed by atoms with Crippen LogP contribution in [0.1, 0.15) is 12.5 Å². The molecule has 0 aromatic heterocycles. The summed E-state index contributed by atoms with van der Waals surface area (Å²) in [5.74, 6) is 0.844. The molecule has 0 amide bonds. The van der Waals surface area contributed by atoms with Gasteiger partial charge in [-0.3, -0.25) is 0 Å². The van der Waals surface area contributed by atoms with Crippen LogP contribution in [0.25, 0.3) is 0 Å². The maximum atomic E-state index is 5.90. The molecule has 0 radical (unpaired) electrons. The smallest absolute Gasteiger partial charge is 0.234 e. The van der Waals surface area contributed by atoms with Crippen LogP contribution in [0.5, 0.6) is 5.75 Å². The summed E-state index contributed by atoms with van der Waals surface area (Å²) in [6.45, 7) is 2.62. The molecule has 2 rings (SSSR count). The third-order valence-electron chi connectivity index (χ3n) is 2.45. The third-order valence-corrected chi connectivity index (χ3v) is 4.28. The normalized spacial score (nSPS) is 12.1. The van der Waals surface area contributed by atoms with E-state index in [9.17, 15) is 0 Å². The molecule has 2 aromatic carbocycles. The van der Waals surface area contributed by atoms with Gasteiger partial charge < -0.3 is 9.05 Å². The first-order valence-electron chi connectivity index (χ1n) is 6.16. The zero-order valence-corrected chi connectivity index (χ0v) is 12.4. The van der Waals surface area contributed by atoms with Crippen molar-refractivity contribution < 1.29 is 9.05 Å². The van der Waals surface area contributed by atoms with Crippen LogP contribution in [0.2, 0.25) is 5.02 Å². The molecular weight excluding hydrogens is 279 g/mol. The fraction of sp³-hybridized carbons (Fsp3) is 0.200. The standard InChI is InChI=1S/C15H16ClO2P/c1-2-17-19(18-15-6-4-3-5-7-15)12-13-8-10-14(16)11-9-13/h3-11H,2,12H2,1H3. The topological polar surface area (TPSA) is 18.5 Å². The molecule has 0 bridgehead atoms. The Morgan fingerprint density at radius 2 is 1.68 bits per heavy atom. The second kappa shape index (κ2) is 7.49. The SMILES string of the molecule is CCOP(Cc1ccc(Cl)cc1)Oc1ccccc1. The van der Waals surface area contributed by atoms with Crippen LogP contribution in [-0.4, -0.2) is 6.61 Å². The Balaban J connectivity index is 2.01. The van der Waals surface area contributed by atoms with Gasteiger partial charge in [-0.15, -0.1) is 0 Å². The highest BCUT2D eigenvalue weighted by atomic mass is 35.5. The van der Waals surface area contributed by atoms with Crippen molar-refractivity contribution in [2.45, 2.75) is 13.1 Å². The number of hydrogen-bond donors (Lipinski definition) is 0. The Morgan fingerprint density at radius 1 is 1.00 bits per heavy atom. The lowest BCUT2D eigenvalue weighted by molar-refractivity contribution is 0.333. The van der Waals surface area contributed by atoms with Gasteiger partial charge >= 0.3 is 0 Å². The molecular formula is C15H16ClO2P. The lowest BCUT2D eigenvalue weighted by Crippen LogP contribution is -1.96. The molecule has 0 fully saturated rings. The first kappa shape index (κ1) is 14.3. The van der Waals surface area contributed by atoms with E-state index in [2.05, 4.69) is 0 Å². The summed E-state index contributed by atoms with van der Waals surface area (Å²) in [6.07, 6.45) is 0.759. The second-order valence-corrected chi connectivity index (χ2v) is 5.80. The zero-order chi connectivity index (χ0) is 13.5. The van der Waals surface area contributed by atoms with Crippen molar-refractivity contribution >= 4 is 20.0 Å². The van der Waals surface area contributed by atoms with Crippen molar-refractivity contribution in [2.24, 2.45) is 0 Å². The third kappa shape index (κ3) is 4.83. The quantitative estimate of drug-likeness (QED) is 0.676.